The highest BCUT2D eigenvalue weighted by Crippen LogP contribution is 2.20. The molecule has 0 atom stereocenters. The number of urea groups is 1. The van der Waals surface area contributed by atoms with Gasteiger partial charge < -0.3 is 11.1 Å². The molecule has 1 rings (SSSR count). The summed E-state index contributed by atoms with van der Waals surface area (Å²) in [5, 5.41) is 2.16. The smallest absolute Gasteiger partial charge is 0.316 e. The van der Waals surface area contributed by atoms with Gasteiger partial charge in [-0.05, 0) is 12.1 Å². The molecule has 0 bridgehead atoms. The van der Waals surface area contributed by atoms with Crippen LogP contribution in [0.3, 0.4) is 0 Å². The Morgan fingerprint density at radius 2 is 1.82 bits per heavy atom. The Hall–Kier alpha value is -2.09. The zero-order valence-corrected chi connectivity index (χ0v) is 9.74. The first-order valence-electron chi connectivity index (χ1n) is 4.52. The van der Waals surface area contributed by atoms with Crippen LogP contribution in [0.2, 0.25) is 0 Å². The van der Waals surface area contributed by atoms with Crippen molar-refractivity contribution in [3.8, 4) is 0 Å². The number of primary amides is 1. The van der Waals surface area contributed by atoms with Crippen LogP contribution in [0.5, 0.6) is 0 Å². The van der Waals surface area contributed by atoms with Crippen LogP contribution in [-0.4, -0.2) is 20.4 Å². The van der Waals surface area contributed by atoms with E-state index in [0.29, 0.717) is 0 Å². The molecular weight excluding hydrogens is 246 g/mol. The zero-order valence-electron chi connectivity index (χ0n) is 8.93. The first-order chi connectivity index (χ1) is 7.83. The molecule has 1 aromatic rings. The predicted molar refractivity (Wildman–Crippen MR) is 60.7 cm³/mol. The summed E-state index contributed by atoms with van der Waals surface area (Å²) < 4.78 is 25.2. The second-order valence-corrected chi connectivity index (χ2v) is 4.80. The second kappa shape index (κ2) is 4.83. The Morgan fingerprint density at radius 3 is 2.35 bits per heavy atom. The third kappa shape index (κ3) is 3.45. The first kappa shape index (κ1) is 13.0. The molecule has 0 saturated heterocycles. The summed E-state index contributed by atoms with van der Waals surface area (Å²) in [5.74, 6) is -0.723. The molecular formula is C9H11N3O4S. The van der Waals surface area contributed by atoms with Gasteiger partial charge in [-0.3, -0.25) is 4.79 Å². The number of nitrogens with one attached hydrogen (secondary N) is 2. The molecule has 0 fully saturated rings. The fraction of sp³-hybridized carbons (Fsp3) is 0.111. The van der Waals surface area contributed by atoms with Crippen LogP contribution >= 0.6 is 0 Å². The lowest BCUT2D eigenvalue weighted by Gasteiger charge is -2.10. The maximum absolute atomic E-state index is 11.7. The van der Waals surface area contributed by atoms with Crippen molar-refractivity contribution < 1.29 is 18.0 Å². The monoisotopic (exact) mass is 257 g/mol. The van der Waals surface area contributed by atoms with Crippen molar-refractivity contribution in [2.24, 2.45) is 5.73 Å². The van der Waals surface area contributed by atoms with E-state index in [2.05, 4.69) is 5.32 Å². The minimum Gasteiger partial charge on any atom is -0.351 e. The lowest BCUT2D eigenvalue weighted by atomic mass is 10.3. The lowest BCUT2D eigenvalue weighted by Crippen LogP contribution is -2.29. The molecule has 17 heavy (non-hydrogen) atoms. The largest absolute Gasteiger partial charge is 0.351 e. The fourth-order valence-corrected chi connectivity index (χ4v) is 2.34. The molecule has 8 heteroatoms. The maximum Gasteiger partial charge on any atom is 0.316 e. The third-order valence-electron chi connectivity index (χ3n) is 1.71. The number of carbonyl (C=O) groups is 2. The molecule has 0 aliphatic heterocycles. The number of anilines is 1. The van der Waals surface area contributed by atoms with Crippen LogP contribution in [0.4, 0.5) is 10.5 Å². The highest BCUT2D eigenvalue weighted by Gasteiger charge is 2.19. The van der Waals surface area contributed by atoms with E-state index < -0.39 is 22.0 Å². The van der Waals surface area contributed by atoms with Gasteiger partial charge in [-0.15, -0.1) is 0 Å². The average Bonchev–Trinajstić information content (AvgIpc) is 2.15. The number of rotatable bonds is 3. The Labute approximate surface area is 98.0 Å². The van der Waals surface area contributed by atoms with Gasteiger partial charge in [0.1, 0.15) is 4.90 Å². The minimum atomic E-state index is -4.01. The van der Waals surface area contributed by atoms with Crippen LogP contribution in [-0.2, 0) is 14.8 Å². The van der Waals surface area contributed by atoms with E-state index in [1.54, 1.807) is 4.72 Å². The standard InChI is InChI=1S/C9H11N3O4S/c1-6(13)12-17(15,16)8-5-3-2-4-7(8)11-9(10)14/h2-5H,1H3,(H,12,13)(H3,10,11,14). The Morgan fingerprint density at radius 1 is 1.24 bits per heavy atom. The number of benzene rings is 1. The van der Waals surface area contributed by atoms with Crippen molar-refractivity contribution in [1.82, 2.24) is 4.72 Å². The van der Waals surface area contributed by atoms with Gasteiger partial charge in [0.25, 0.3) is 10.0 Å². The van der Waals surface area contributed by atoms with E-state index in [4.69, 9.17) is 5.73 Å². The van der Waals surface area contributed by atoms with E-state index in [-0.39, 0.29) is 10.6 Å². The highest BCUT2D eigenvalue weighted by molar-refractivity contribution is 7.90. The highest BCUT2D eigenvalue weighted by atomic mass is 32.2. The average molecular weight is 257 g/mol. The number of para-hydroxylation sites is 1. The van der Waals surface area contributed by atoms with Crippen LogP contribution in [0, 0.1) is 0 Å². The molecule has 4 N–H and O–H groups in total. The number of hydrogen-bond acceptors (Lipinski definition) is 4. The molecule has 92 valence electrons. The minimum absolute atomic E-state index is 0.00810. The molecule has 7 nitrogen and oxygen atoms in total. The van der Waals surface area contributed by atoms with Crippen LogP contribution in [0.1, 0.15) is 6.92 Å². The molecule has 3 amide bonds. The van der Waals surface area contributed by atoms with Gasteiger partial charge in [-0.25, -0.2) is 17.9 Å². The van der Waals surface area contributed by atoms with Gasteiger partial charge in [-0.1, -0.05) is 12.1 Å². The summed E-state index contributed by atoms with van der Waals surface area (Å²) in [4.78, 5) is 21.2. The fourth-order valence-electron chi connectivity index (χ4n) is 1.18. The van der Waals surface area contributed by atoms with E-state index in [9.17, 15) is 18.0 Å². The third-order valence-corrected chi connectivity index (χ3v) is 3.20. The molecule has 0 radical (unpaired) electrons. The predicted octanol–water partition coefficient (Wildman–Crippen LogP) is 0.00200. The first-order valence-corrected chi connectivity index (χ1v) is 6.00. The summed E-state index contributed by atoms with van der Waals surface area (Å²) >= 11 is 0. The molecule has 0 unspecified atom stereocenters. The van der Waals surface area contributed by atoms with E-state index >= 15 is 0 Å². The number of carbonyl (C=O) groups excluding carboxylic acids is 2. The summed E-state index contributed by atoms with van der Waals surface area (Å²) in [5.41, 5.74) is 4.91. The number of hydrogen-bond donors (Lipinski definition) is 3. The summed E-state index contributed by atoms with van der Waals surface area (Å²) in [6.45, 7) is 1.07. The molecule has 0 aliphatic carbocycles. The topological polar surface area (TPSA) is 118 Å². The van der Waals surface area contributed by atoms with Crippen molar-refractivity contribution in [1.29, 1.82) is 0 Å². The molecule has 0 spiro atoms. The van der Waals surface area contributed by atoms with Gasteiger partial charge in [0.05, 0.1) is 5.69 Å². The van der Waals surface area contributed by atoms with E-state index in [1.807, 2.05) is 0 Å². The summed E-state index contributed by atoms with van der Waals surface area (Å²) in [6.07, 6.45) is 0. The normalized spacial score (nSPS) is 10.6. The van der Waals surface area contributed by atoms with Gasteiger partial charge in [-0.2, -0.15) is 0 Å². The molecule has 0 aromatic heterocycles. The lowest BCUT2D eigenvalue weighted by molar-refractivity contribution is -0.117. The van der Waals surface area contributed by atoms with Crippen molar-refractivity contribution in [3.05, 3.63) is 24.3 Å². The van der Waals surface area contributed by atoms with E-state index in [0.717, 1.165) is 6.92 Å². The quantitative estimate of drug-likeness (QED) is 0.706. The zero-order chi connectivity index (χ0) is 13.1. The van der Waals surface area contributed by atoms with Gasteiger partial charge in [0, 0.05) is 6.92 Å². The van der Waals surface area contributed by atoms with Gasteiger partial charge in [0.15, 0.2) is 0 Å². The van der Waals surface area contributed by atoms with Gasteiger partial charge >= 0.3 is 6.03 Å². The number of amides is 3. The molecule has 1 aromatic carbocycles. The van der Waals surface area contributed by atoms with E-state index in [1.165, 1.54) is 24.3 Å². The van der Waals surface area contributed by atoms with Crippen molar-refractivity contribution in [2.45, 2.75) is 11.8 Å². The van der Waals surface area contributed by atoms with Crippen molar-refractivity contribution >= 4 is 27.6 Å². The molecule has 0 heterocycles. The van der Waals surface area contributed by atoms with Crippen LogP contribution in [0.25, 0.3) is 0 Å². The van der Waals surface area contributed by atoms with Crippen LogP contribution in [0.15, 0.2) is 29.2 Å². The Balaban J connectivity index is 3.21. The summed E-state index contributed by atoms with van der Waals surface area (Å²) in [7, 11) is -4.01. The molecule has 0 saturated carbocycles. The number of sulfonamides is 1. The Bertz CT molecular complexity index is 553. The van der Waals surface area contributed by atoms with Crippen molar-refractivity contribution in [3.63, 3.8) is 0 Å². The second-order valence-electron chi connectivity index (χ2n) is 3.15. The number of nitrogens with two attached hydrogens (primary N) is 1. The van der Waals surface area contributed by atoms with Crippen molar-refractivity contribution in [2.75, 3.05) is 5.32 Å². The van der Waals surface area contributed by atoms with Gasteiger partial charge in [0.2, 0.25) is 5.91 Å². The maximum atomic E-state index is 11.7. The molecule has 0 aliphatic rings. The summed E-state index contributed by atoms with van der Waals surface area (Å²) in [6, 6.07) is 4.70. The Kier molecular flexibility index (Phi) is 3.69. The SMILES string of the molecule is CC(=O)NS(=O)(=O)c1ccccc1NC(N)=O. The van der Waals surface area contributed by atoms with Crippen LogP contribution < -0.4 is 15.8 Å².